The second-order valence-corrected chi connectivity index (χ2v) is 5.47. The molecule has 1 aromatic heterocycles. The predicted octanol–water partition coefficient (Wildman–Crippen LogP) is 4.14. The second-order valence-electron chi connectivity index (χ2n) is 5.47. The molecule has 0 fully saturated rings. The Labute approximate surface area is 121 Å². The molecule has 0 saturated carbocycles. The summed E-state index contributed by atoms with van der Waals surface area (Å²) in [6, 6.07) is 6.07. The van der Waals surface area contributed by atoms with Gasteiger partial charge in [-0.05, 0) is 44.0 Å². The molecule has 3 nitrogen and oxygen atoms in total. The van der Waals surface area contributed by atoms with Gasteiger partial charge in [0.25, 0.3) is 0 Å². The Morgan fingerprint density at radius 3 is 2.70 bits per heavy atom. The van der Waals surface area contributed by atoms with Gasteiger partial charge in [0.2, 0.25) is 0 Å². The molecule has 0 unspecified atom stereocenters. The van der Waals surface area contributed by atoms with Gasteiger partial charge in [0.15, 0.2) is 0 Å². The van der Waals surface area contributed by atoms with Gasteiger partial charge in [0.1, 0.15) is 17.1 Å². The lowest BCUT2D eigenvalue weighted by Gasteiger charge is -2.06. The van der Waals surface area contributed by atoms with Crippen molar-refractivity contribution < 1.29 is 9.15 Å². The highest BCUT2D eigenvalue weighted by Crippen LogP contribution is 2.29. The number of fused-ring (bicyclic) bond motifs is 1. The van der Waals surface area contributed by atoms with Crippen LogP contribution in [-0.4, -0.2) is 13.2 Å². The lowest BCUT2D eigenvalue weighted by Crippen LogP contribution is -2.19. The van der Waals surface area contributed by atoms with Crippen molar-refractivity contribution in [3.05, 3.63) is 29.5 Å². The summed E-state index contributed by atoms with van der Waals surface area (Å²) in [5, 5.41) is 4.63. The van der Waals surface area contributed by atoms with E-state index in [2.05, 4.69) is 32.2 Å². The van der Waals surface area contributed by atoms with Crippen LogP contribution in [0.5, 0.6) is 5.75 Å². The third kappa shape index (κ3) is 3.34. The van der Waals surface area contributed by atoms with E-state index in [9.17, 15) is 0 Å². The van der Waals surface area contributed by atoms with Gasteiger partial charge in [0.05, 0.1) is 13.2 Å². The molecular weight excluding hydrogens is 250 g/mol. The van der Waals surface area contributed by atoms with Crippen molar-refractivity contribution in [2.24, 2.45) is 5.92 Å². The molecule has 0 aliphatic rings. The first-order chi connectivity index (χ1) is 9.65. The lowest BCUT2D eigenvalue weighted by molar-refractivity contribution is 0.340. The third-order valence-electron chi connectivity index (χ3n) is 3.35. The fourth-order valence-electron chi connectivity index (χ4n) is 2.44. The monoisotopic (exact) mass is 275 g/mol. The molecule has 0 saturated heterocycles. The van der Waals surface area contributed by atoms with E-state index in [0.29, 0.717) is 12.5 Å². The third-order valence-corrected chi connectivity index (χ3v) is 3.35. The molecule has 0 amide bonds. The molecule has 1 heterocycles. The van der Waals surface area contributed by atoms with E-state index in [1.54, 1.807) is 0 Å². The van der Waals surface area contributed by atoms with E-state index < -0.39 is 0 Å². The Balaban J connectivity index is 2.26. The maximum absolute atomic E-state index is 5.99. The zero-order chi connectivity index (χ0) is 14.5. The average Bonchev–Trinajstić information content (AvgIpc) is 2.75. The normalized spacial score (nSPS) is 11.4. The predicted molar refractivity (Wildman–Crippen MR) is 83.3 cm³/mol. The Hall–Kier alpha value is -1.48. The summed E-state index contributed by atoms with van der Waals surface area (Å²) >= 11 is 0. The molecule has 110 valence electrons. The first-order valence-electron chi connectivity index (χ1n) is 7.53. The van der Waals surface area contributed by atoms with Gasteiger partial charge >= 0.3 is 0 Å². The smallest absolute Gasteiger partial charge is 0.134 e. The molecule has 0 aliphatic heterocycles. The molecule has 0 bridgehead atoms. The van der Waals surface area contributed by atoms with Crippen molar-refractivity contribution in [2.45, 2.75) is 40.7 Å². The molecule has 0 atom stereocenters. The summed E-state index contributed by atoms with van der Waals surface area (Å²) in [5.41, 5.74) is 2.24. The highest BCUT2D eigenvalue weighted by Gasteiger charge is 2.13. The summed E-state index contributed by atoms with van der Waals surface area (Å²) in [5.74, 6) is 2.61. The van der Waals surface area contributed by atoms with Gasteiger partial charge in [0, 0.05) is 10.9 Å². The number of nitrogens with one attached hydrogen (secondary N) is 1. The van der Waals surface area contributed by atoms with Crippen molar-refractivity contribution >= 4 is 11.0 Å². The zero-order valence-electron chi connectivity index (χ0n) is 13.0. The number of benzene rings is 1. The molecule has 2 aromatic rings. The largest absolute Gasteiger partial charge is 0.494 e. The maximum atomic E-state index is 5.99. The van der Waals surface area contributed by atoms with Crippen LogP contribution >= 0.6 is 0 Å². The minimum absolute atomic E-state index is 0.647. The van der Waals surface area contributed by atoms with E-state index in [1.165, 1.54) is 10.9 Å². The quantitative estimate of drug-likeness (QED) is 0.824. The van der Waals surface area contributed by atoms with E-state index in [-0.39, 0.29) is 0 Å². The van der Waals surface area contributed by atoms with Gasteiger partial charge in [-0.15, -0.1) is 0 Å². The van der Waals surface area contributed by atoms with Crippen LogP contribution in [0.2, 0.25) is 0 Å². The van der Waals surface area contributed by atoms with Crippen molar-refractivity contribution in [1.29, 1.82) is 0 Å². The average molecular weight is 275 g/mol. The van der Waals surface area contributed by atoms with Gasteiger partial charge in [-0.2, -0.15) is 0 Å². The lowest BCUT2D eigenvalue weighted by atomic mass is 10.1. The summed E-state index contributed by atoms with van der Waals surface area (Å²) < 4.78 is 11.6. The Morgan fingerprint density at radius 2 is 2.05 bits per heavy atom. The van der Waals surface area contributed by atoms with Gasteiger partial charge in [-0.3, -0.25) is 0 Å². The fraction of sp³-hybridized carbons (Fsp3) is 0.529. The van der Waals surface area contributed by atoms with E-state index in [4.69, 9.17) is 9.15 Å². The number of aryl methyl sites for hydroxylation is 1. The second kappa shape index (κ2) is 6.80. The number of furan rings is 1. The SMILES string of the molecule is CCOc1ccc2oc(CNCC(C)C)c(CC)c2c1. The number of rotatable bonds is 7. The van der Waals surface area contributed by atoms with E-state index in [0.717, 1.165) is 36.6 Å². The van der Waals surface area contributed by atoms with Crippen LogP contribution in [0.15, 0.2) is 22.6 Å². The van der Waals surface area contributed by atoms with Crippen LogP contribution in [0, 0.1) is 5.92 Å². The highest BCUT2D eigenvalue weighted by molar-refractivity contribution is 5.83. The van der Waals surface area contributed by atoms with E-state index in [1.807, 2.05) is 19.1 Å². The minimum atomic E-state index is 0.647. The first kappa shape index (κ1) is 14.9. The standard InChI is InChI=1S/C17H25NO2/c1-5-14-15-9-13(19-6-2)7-8-16(15)20-17(14)11-18-10-12(3)4/h7-9,12,18H,5-6,10-11H2,1-4H3. The van der Waals surface area contributed by atoms with Crippen molar-refractivity contribution in [1.82, 2.24) is 5.32 Å². The van der Waals surface area contributed by atoms with Gasteiger partial charge in [-0.1, -0.05) is 20.8 Å². The molecular formula is C17H25NO2. The Kier molecular flexibility index (Phi) is 5.07. The first-order valence-corrected chi connectivity index (χ1v) is 7.53. The molecule has 3 heteroatoms. The Bertz CT molecular complexity index is 557. The van der Waals surface area contributed by atoms with Crippen molar-refractivity contribution in [2.75, 3.05) is 13.2 Å². The van der Waals surface area contributed by atoms with Crippen LogP contribution in [0.25, 0.3) is 11.0 Å². The fourth-order valence-corrected chi connectivity index (χ4v) is 2.44. The van der Waals surface area contributed by atoms with Gasteiger partial charge in [-0.25, -0.2) is 0 Å². The molecule has 0 spiro atoms. The highest BCUT2D eigenvalue weighted by atomic mass is 16.5. The van der Waals surface area contributed by atoms with Crippen LogP contribution in [0.4, 0.5) is 0 Å². The molecule has 1 N–H and O–H groups in total. The molecule has 0 aliphatic carbocycles. The topological polar surface area (TPSA) is 34.4 Å². The van der Waals surface area contributed by atoms with Crippen LogP contribution in [-0.2, 0) is 13.0 Å². The number of hydrogen-bond donors (Lipinski definition) is 1. The van der Waals surface area contributed by atoms with Crippen LogP contribution in [0.3, 0.4) is 0 Å². The van der Waals surface area contributed by atoms with Crippen molar-refractivity contribution in [3.8, 4) is 5.75 Å². The van der Waals surface area contributed by atoms with Gasteiger partial charge < -0.3 is 14.5 Å². The summed E-state index contributed by atoms with van der Waals surface area (Å²) in [7, 11) is 0. The van der Waals surface area contributed by atoms with Crippen LogP contribution < -0.4 is 10.1 Å². The summed E-state index contributed by atoms with van der Waals surface area (Å²) in [4.78, 5) is 0. The molecule has 2 rings (SSSR count). The van der Waals surface area contributed by atoms with Crippen LogP contribution in [0.1, 0.15) is 39.0 Å². The molecule has 1 aromatic carbocycles. The summed E-state index contributed by atoms with van der Waals surface area (Å²) in [6.45, 7) is 11.1. The van der Waals surface area contributed by atoms with E-state index >= 15 is 0 Å². The molecule has 20 heavy (non-hydrogen) atoms. The summed E-state index contributed by atoms with van der Waals surface area (Å²) in [6.07, 6.45) is 0.973. The zero-order valence-corrected chi connectivity index (χ0v) is 13.0. The van der Waals surface area contributed by atoms with Crippen molar-refractivity contribution in [3.63, 3.8) is 0 Å². The number of ether oxygens (including phenoxy) is 1. The Morgan fingerprint density at radius 1 is 1.25 bits per heavy atom. The number of hydrogen-bond acceptors (Lipinski definition) is 3. The molecule has 0 radical (unpaired) electrons. The maximum Gasteiger partial charge on any atom is 0.134 e. The minimum Gasteiger partial charge on any atom is -0.494 e.